The fourth-order valence-electron chi connectivity index (χ4n) is 9.54. The summed E-state index contributed by atoms with van der Waals surface area (Å²) in [5.41, 5.74) is -3.58. The number of β-lactam (4-membered cyclic amide) rings is 1. The van der Waals surface area contributed by atoms with Crippen molar-refractivity contribution in [2.24, 2.45) is 39.9 Å². The van der Waals surface area contributed by atoms with Crippen molar-refractivity contribution in [3.8, 4) is 0 Å². The summed E-state index contributed by atoms with van der Waals surface area (Å²) in [6, 6.07) is -0.728. The van der Waals surface area contributed by atoms with Gasteiger partial charge in [0.15, 0.2) is 0 Å². The van der Waals surface area contributed by atoms with Gasteiger partial charge in [0.2, 0.25) is 11.7 Å². The number of amides is 1. The van der Waals surface area contributed by atoms with Gasteiger partial charge in [-0.2, -0.15) is 8.42 Å². The first-order valence-corrected chi connectivity index (χ1v) is 12.8. The fourth-order valence-corrected chi connectivity index (χ4v) is 11.1. The van der Waals surface area contributed by atoms with Crippen molar-refractivity contribution in [2.75, 3.05) is 6.61 Å². The van der Waals surface area contributed by atoms with Crippen LogP contribution in [0, 0.1) is 39.9 Å². The average molecular weight is 482 g/mol. The summed E-state index contributed by atoms with van der Waals surface area (Å²) in [6.07, 6.45) is -1.97. The van der Waals surface area contributed by atoms with E-state index in [1.807, 2.05) is 0 Å². The quantitative estimate of drug-likeness (QED) is 0.484. The lowest BCUT2D eigenvalue weighted by Crippen LogP contribution is -2.91. The summed E-state index contributed by atoms with van der Waals surface area (Å²) < 4.78 is 43.5. The number of rotatable bonds is 1. The smallest absolute Gasteiger partial charge is 0.365 e. The van der Waals surface area contributed by atoms with Gasteiger partial charge in [0.05, 0.1) is 30.2 Å². The van der Waals surface area contributed by atoms with E-state index < -0.39 is 80.4 Å². The van der Waals surface area contributed by atoms with Crippen molar-refractivity contribution in [3.05, 3.63) is 12.3 Å². The van der Waals surface area contributed by atoms with Crippen LogP contribution in [0.4, 0.5) is 0 Å². The van der Waals surface area contributed by atoms with Crippen LogP contribution in [-0.2, 0) is 33.6 Å². The predicted octanol–water partition coefficient (Wildman–Crippen LogP) is -0.293. The van der Waals surface area contributed by atoms with Crippen molar-refractivity contribution in [3.63, 3.8) is 0 Å². The zero-order chi connectivity index (χ0) is 23.7. The van der Waals surface area contributed by atoms with Crippen LogP contribution in [0.2, 0.25) is 0 Å². The molecule has 5 heterocycles. The highest BCUT2D eigenvalue weighted by molar-refractivity contribution is 7.85. The number of nitrogens with zero attached hydrogens (tertiary/aromatic N) is 1. The van der Waals surface area contributed by atoms with E-state index in [4.69, 9.17) is 13.7 Å². The molecule has 2 N–H and O–H groups in total. The molecule has 3 aliphatic carbocycles. The third-order valence-electron chi connectivity index (χ3n) is 10.5. The van der Waals surface area contributed by atoms with Gasteiger partial charge in [-0.15, -0.1) is 0 Å². The number of hydrogen-bond acceptors (Lipinski definition) is 9. The molecule has 5 saturated heterocycles. The molecule has 5 aliphatic heterocycles. The monoisotopic (exact) mass is 481 g/mol. The van der Waals surface area contributed by atoms with Crippen LogP contribution < -0.4 is 0 Å². The van der Waals surface area contributed by atoms with Gasteiger partial charge in [-0.3, -0.25) is 9.59 Å². The summed E-state index contributed by atoms with van der Waals surface area (Å²) in [6.45, 7) is 8.83. The van der Waals surface area contributed by atoms with E-state index in [9.17, 15) is 28.2 Å². The SMILES string of the molecule is C=C1O[C@@H]2[C@H]1CC[C@H]1[C@@]34CO[C@@](O)([C@@H](O)[C@@H]3C(C)(C)[C@H]3OS(=O)(=O)N5C(=O)[C@@H]4[C@@H]35)[C@@]21C(C)=O. The average Bonchev–Trinajstić information content (AvgIpc) is 2.96. The molecular formula is C22H27NO9S. The molecule has 8 rings (SSSR count). The first kappa shape index (κ1) is 20.8. The minimum atomic E-state index is -4.24. The van der Waals surface area contributed by atoms with Crippen molar-refractivity contribution in [1.82, 2.24) is 4.31 Å². The third kappa shape index (κ3) is 1.70. The Morgan fingerprint density at radius 3 is 2.58 bits per heavy atom. The van der Waals surface area contributed by atoms with Gasteiger partial charge < -0.3 is 19.7 Å². The molecule has 8 fully saturated rings. The molecule has 2 bridgehead atoms. The van der Waals surface area contributed by atoms with E-state index in [1.165, 1.54) is 6.92 Å². The Kier molecular flexibility index (Phi) is 3.36. The van der Waals surface area contributed by atoms with Gasteiger partial charge in [0.25, 0.3) is 0 Å². The minimum absolute atomic E-state index is 0.0554. The van der Waals surface area contributed by atoms with Crippen LogP contribution in [0.3, 0.4) is 0 Å². The molecule has 0 aromatic carbocycles. The van der Waals surface area contributed by atoms with Crippen molar-refractivity contribution in [2.45, 2.75) is 63.8 Å². The normalized spacial score (nSPS) is 58.2. The number of Topliss-reactive ketones (excluding diaryl/α,β-unsaturated/α-hetero) is 1. The third-order valence-corrected chi connectivity index (χ3v) is 11.8. The van der Waals surface area contributed by atoms with Crippen molar-refractivity contribution in [1.29, 1.82) is 0 Å². The molecule has 0 aromatic heterocycles. The van der Waals surface area contributed by atoms with Crippen LogP contribution in [0.15, 0.2) is 12.3 Å². The first-order chi connectivity index (χ1) is 15.3. The number of fused-ring (bicyclic) bond motifs is 2. The maximum atomic E-state index is 13.5. The molecule has 11 atom stereocenters. The van der Waals surface area contributed by atoms with E-state index in [1.54, 1.807) is 13.8 Å². The second-order valence-electron chi connectivity index (χ2n) is 11.6. The van der Waals surface area contributed by atoms with Crippen LogP contribution >= 0.6 is 0 Å². The lowest BCUT2D eigenvalue weighted by atomic mass is 9.30. The van der Waals surface area contributed by atoms with Gasteiger partial charge in [-0.25, -0.2) is 8.49 Å². The van der Waals surface area contributed by atoms with Crippen LogP contribution in [0.1, 0.15) is 33.6 Å². The molecule has 0 radical (unpaired) electrons. The molecular weight excluding hydrogens is 454 g/mol. The molecule has 0 unspecified atom stereocenters. The zero-order valence-corrected chi connectivity index (χ0v) is 19.4. The first-order valence-electron chi connectivity index (χ1n) is 11.5. The van der Waals surface area contributed by atoms with Crippen molar-refractivity contribution >= 4 is 22.0 Å². The molecule has 33 heavy (non-hydrogen) atoms. The fraction of sp³-hybridized carbons (Fsp3) is 0.818. The van der Waals surface area contributed by atoms with Gasteiger partial charge >= 0.3 is 10.3 Å². The maximum Gasteiger partial charge on any atom is 0.365 e. The summed E-state index contributed by atoms with van der Waals surface area (Å²) in [5, 5.41) is 23.8. The molecule has 180 valence electrons. The van der Waals surface area contributed by atoms with Crippen LogP contribution in [0.25, 0.3) is 0 Å². The van der Waals surface area contributed by atoms with E-state index in [-0.39, 0.29) is 18.3 Å². The number of aliphatic hydroxyl groups is 2. The Hall–Kier alpha value is -1.53. The Morgan fingerprint density at radius 1 is 1.24 bits per heavy atom. The predicted molar refractivity (Wildman–Crippen MR) is 108 cm³/mol. The van der Waals surface area contributed by atoms with Crippen LogP contribution in [0.5, 0.6) is 0 Å². The standard InChI is InChI=1S/C22H27NO9S/c1-8-10-5-6-11-20-7-30-22(27,21(11,9(2)24)16(10)31-8)15(25)14(20)19(3,4)17-13-12(20)18(26)23(13)33(28,29)32-17/h10-17,25,27H,1,5-7H2,2-4H3/t10-,11-,12-,13-,14+,15-,16+,17-,20+,21+,22-/m0/s1. The number of carbonyl (C=O) groups excluding carboxylic acids is 2. The summed E-state index contributed by atoms with van der Waals surface area (Å²) in [5.74, 6) is -4.90. The zero-order valence-electron chi connectivity index (χ0n) is 18.6. The van der Waals surface area contributed by atoms with Gasteiger partial charge in [-0.1, -0.05) is 20.4 Å². The van der Waals surface area contributed by atoms with Crippen molar-refractivity contribution < 1.29 is 41.9 Å². The molecule has 1 amide bonds. The molecule has 0 aromatic rings. The topological polar surface area (TPSA) is 140 Å². The lowest BCUT2D eigenvalue weighted by Gasteiger charge is -2.79. The van der Waals surface area contributed by atoms with E-state index in [0.29, 0.717) is 18.6 Å². The molecule has 3 saturated carbocycles. The Morgan fingerprint density at radius 2 is 1.94 bits per heavy atom. The Bertz CT molecular complexity index is 1170. The van der Waals surface area contributed by atoms with Crippen LogP contribution in [-0.4, -0.2) is 71.4 Å². The maximum absolute atomic E-state index is 13.5. The van der Waals surface area contributed by atoms with Gasteiger partial charge in [0.1, 0.15) is 29.5 Å². The summed E-state index contributed by atoms with van der Waals surface area (Å²) in [4.78, 5) is 26.9. The number of aliphatic hydroxyl groups excluding tert-OH is 1. The highest BCUT2D eigenvalue weighted by Gasteiger charge is 2.91. The van der Waals surface area contributed by atoms with Gasteiger partial charge in [0, 0.05) is 16.7 Å². The minimum Gasteiger partial charge on any atom is -0.493 e. The van der Waals surface area contributed by atoms with E-state index in [0.717, 1.165) is 4.31 Å². The lowest BCUT2D eigenvalue weighted by molar-refractivity contribution is -0.471. The number of ketones is 1. The molecule has 11 heteroatoms. The Balaban J connectivity index is 1.51. The number of ether oxygens (including phenoxy) is 2. The second-order valence-corrected chi connectivity index (χ2v) is 13.0. The Labute approximate surface area is 191 Å². The molecule has 10 nitrogen and oxygen atoms in total. The second kappa shape index (κ2) is 5.33. The number of carbonyl (C=O) groups is 2. The van der Waals surface area contributed by atoms with E-state index in [2.05, 4.69) is 6.58 Å². The number of hydrogen-bond donors (Lipinski definition) is 2. The summed E-state index contributed by atoms with van der Waals surface area (Å²) in [7, 11) is -4.24. The highest BCUT2D eigenvalue weighted by Crippen LogP contribution is 2.79. The van der Waals surface area contributed by atoms with E-state index >= 15 is 0 Å². The molecule has 8 aliphatic rings. The largest absolute Gasteiger partial charge is 0.493 e. The summed E-state index contributed by atoms with van der Waals surface area (Å²) >= 11 is 0. The molecule has 1 spiro atoms. The highest BCUT2D eigenvalue weighted by atomic mass is 32.2. The van der Waals surface area contributed by atoms with Gasteiger partial charge in [-0.05, 0) is 25.7 Å².